The van der Waals surface area contributed by atoms with E-state index in [1.54, 1.807) is 20.8 Å². The van der Waals surface area contributed by atoms with Crippen LogP contribution in [-0.4, -0.2) is 66.2 Å². The molecule has 144 valence electrons. The van der Waals surface area contributed by atoms with Crippen LogP contribution in [0.5, 0.6) is 0 Å². The molecule has 7 nitrogen and oxygen atoms in total. The molecule has 0 spiro atoms. The van der Waals surface area contributed by atoms with Gasteiger partial charge >= 0.3 is 7.82 Å². The van der Waals surface area contributed by atoms with E-state index < -0.39 is 35.6 Å². The van der Waals surface area contributed by atoms with Gasteiger partial charge in [-0.05, 0) is 48.0 Å². The highest BCUT2D eigenvalue weighted by Gasteiger charge is 2.57. The van der Waals surface area contributed by atoms with Crippen LogP contribution in [0.15, 0.2) is 0 Å². The summed E-state index contributed by atoms with van der Waals surface area (Å²) in [7, 11) is -0.591. The lowest BCUT2D eigenvalue weighted by Gasteiger charge is -2.36. The molecule has 2 N–H and O–H groups in total. The Morgan fingerprint density at radius 3 is 2.12 bits per heavy atom. The lowest BCUT2D eigenvalue weighted by molar-refractivity contribution is -0.142. The smallest absolute Gasteiger partial charge is 0.387 e. The first-order valence-electron chi connectivity index (χ1n) is 8.70. The Balaban J connectivity index is 2.06. The van der Waals surface area contributed by atoms with Gasteiger partial charge in [-0.15, -0.1) is 0 Å². The minimum Gasteiger partial charge on any atom is -0.387 e. The number of rotatable bonds is 5. The number of ether oxygens (including phenoxy) is 2. The first kappa shape index (κ1) is 21.4. The largest absolute Gasteiger partial charge is 0.472 e. The molecular formula is C15H31B2O7P. The normalized spacial score (nSPS) is 53.0. The summed E-state index contributed by atoms with van der Waals surface area (Å²) in [5.74, 6) is 0. The van der Waals surface area contributed by atoms with Gasteiger partial charge in [0.2, 0.25) is 0 Å². The van der Waals surface area contributed by atoms with E-state index in [9.17, 15) is 14.6 Å². The maximum absolute atomic E-state index is 12.5. The summed E-state index contributed by atoms with van der Waals surface area (Å²) < 4.78 is 34.9. The van der Waals surface area contributed by atoms with Crippen molar-refractivity contribution < 1.29 is 33.1 Å². The zero-order valence-electron chi connectivity index (χ0n) is 16.6. The lowest BCUT2D eigenvalue weighted by Crippen LogP contribution is -2.49. The van der Waals surface area contributed by atoms with Crippen LogP contribution in [0.4, 0.5) is 0 Å². The standard InChI is InChI=1S/C15H31B2O7P/c1-10-11(2,7-14(5,16)22-10)24-25(19,20)21-9-13(4)12(3,18)8-15(6,17)23-13/h10,18H,7-9,16-17H2,1-6H3,(H,19,20). The highest BCUT2D eigenvalue weighted by molar-refractivity contribution is 7.47. The second-order valence-electron chi connectivity index (χ2n) is 9.39. The van der Waals surface area contributed by atoms with Gasteiger partial charge in [-0.1, -0.05) is 0 Å². The van der Waals surface area contributed by atoms with Gasteiger partial charge in [0.05, 0.1) is 18.3 Å². The van der Waals surface area contributed by atoms with Crippen LogP contribution >= 0.6 is 7.82 Å². The summed E-state index contributed by atoms with van der Waals surface area (Å²) in [5.41, 5.74) is -4.23. The van der Waals surface area contributed by atoms with Gasteiger partial charge in [0.1, 0.15) is 26.9 Å². The molecule has 0 amide bonds. The molecule has 0 aliphatic carbocycles. The molecule has 2 fully saturated rings. The SMILES string of the molecule is BC1(C)CC(C)(OP(=O)(O)OCC2(C)OC(B)(C)CC2(C)O)C(C)O1. The molecule has 2 aliphatic rings. The minimum absolute atomic E-state index is 0.258. The molecule has 2 rings (SSSR count). The molecule has 0 aromatic carbocycles. The summed E-state index contributed by atoms with van der Waals surface area (Å²) in [6.07, 6.45) is 0.507. The number of aliphatic hydroxyl groups is 1. The predicted octanol–water partition coefficient (Wildman–Crippen LogP) is 0.316. The van der Waals surface area contributed by atoms with E-state index in [0.717, 1.165) is 0 Å². The highest BCUT2D eigenvalue weighted by atomic mass is 31.2. The fraction of sp³-hybridized carbons (Fsp3) is 1.00. The Labute approximate surface area is 152 Å². The molecule has 2 saturated heterocycles. The first-order valence-corrected chi connectivity index (χ1v) is 10.2. The second-order valence-corrected chi connectivity index (χ2v) is 10.8. The number of hydrogen-bond acceptors (Lipinski definition) is 6. The highest BCUT2D eigenvalue weighted by Crippen LogP contribution is 2.54. The zero-order chi connectivity index (χ0) is 19.5. The monoisotopic (exact) mass is 376 g/mol. The zero-order valence-corrected chi connectivity index (χ0v) is 17.5. The van der Waals surface area contributed by atoms with E-state index in [2.05, 4.69) is 0 Å². The number of hydrogen-bond donors (Lipinski definition) is 2. The van der Waals surface area contributed by atoms with E-state index in [1.165, 1.54) is 0 Å². The van der Waals surface area contributed by atoms with Gasteiger partial charge < -0.3 is 19.5 Å². The molecule has 25 heavy (non-hydrogen) atoms. The molecular weight excluding hydrogens is 345 g/mol. The van der Waals surface area contributed by atoms with Crippen LogP contribution in [0.3, 0.4) is 0 Å². The molecule has 2 aliphatic heterocycles. The van der Waals surface area contributed by atoms with Crippen LogP contribution in [-0.2, 0) is 23.1 Å². The van der Waals surface area contributed by atoms with Crippen LogP contribution in [0.2, 0.25) is 0 Å². The Morgan fingerprint density at radius 2 is 1.72 bits per heavy atom. The van der Waals surface area contributed by atoms with E-state index in [0.29, 0.717) is 12.8 Å². The predicted molar refractivity (Wildman–Crippen MR) is 99.1 cm³/mol. The van der Waals surface area contributed by atoms with Gasteiger partial charge in [-0.25, -0.2) is 4.57 Å². The van der Waals surface area contributed by atoms with Gasteiger partial charge in [-0.2, -0.15) is 0 Å². The minimum atomic E-state index is -4.37. The van der Waals surface area contributed by atoms with Crippen LogP contribution in [0.25, 0.3) is 0 Å². The fourth-order valence-corrected chi connectivity index (χ4v) is 5.39. The molecule has 7 atom stereocenters. The Bertz CT molecular complexity index is 582. The fourth-order valence-electron chi connectivity index (χ4n) is 4.19. The van der Waals surface area contributed by atoms with Crippen molar-refractivity contribution in [1.29, 1.82) is 0 Å². The Hall–Kier alpha value is 0.120. The maximum Gasteiger partial charge on any atom is 0.472 e. The van der Waals surface area contributed by atoms with E-state index in [4.69, 9.17) is 18.5 Å². The molecule has 7 unspecified atom stereocenters. The van der Waals surface area contributed by atoms with Gasteiger partial charge in [0.25, 0.3) is 0 Å². The molecule has 0 aromatic heterocycles. The molecule has 2 heterocycles. The van der Waals surface area contributed by atoms with Crippen molar-refractivity contribution in [2.24, 2.45) is 0 Å². The topological polar surface area (TPSA) is 94.5 Å². The first-order chi connectivity index (χ1) is 10.9. The van der Waals surface area contributed by atoms with Crippen molar-refractivity contribution in [3.8, 4) is 0 Å². The van der Waals surface area contributed by atoms with Crippen molar-refractivity contribution >= 4 is 23.5 Å². The second kappa shape index (κ2) is 6.06. The molecule has 0 aromatic rings. The van der Waals surface area contributed by atoms with Crippen molar-refractivity contribution in [3.63, 3.8) is 0 Å². The van der Waals surface area contributed by atoms with Crippen LogP contribution in [0.1, 0.15) is 54.4 Å². The Morgan fingerprint density at radius 1 is 1.16 bits per heavy atom. The van der Waals surface area contributed by atoms with Gasteiger partial charge in [-0.3, -0.25) is 9.05 Å². The summed E-state index contributed by atoms with van der Waals surface area (Å²) in [4.78, 5) is 10.2. The lowest BCUT2D eigenvalue weighted by atomic mass is 9.75. The Kier molecular flexibility index (Phi) is 5.19. The van der Waals surface area contributed by atoms with Crippen molar-refractivity contribution in [2.45, 2.75) is 88.3 Å². The molecule has 0 radical (unpaired) electrons. The summed E-state index contributed by atoms with van der Waals surface area (Å²) >= 11 is 0. The molecule has 0 saturated carbocycles. The van der Waals surface area contributed by atoms with Gasteiger partial charge in [0.15, 0.2) is 0 Å². The van der Waals surface area contributed by atoms with Crippen molar-refractivity contribution in [3.05, 3.63) is 0 Å². The van der Waals surface area contributed by atoms with Crippen LogP contribution < -0.4 is 0 Å². The summed E-state index contributed by atoms with van der Waals surface area (Å²) in [5, 5.41) is 10.7. The summed E-state index contributed by atoms with van der Waals surface area (Å²) in [6, 6.07) is 0. The van der Waals surface area contributed by atoms with Gasteiger partial charge in [0, 0.05) is 17.4 Å². The maximum atomic E-state index is 12.5. The average Bonchev–Trinajstić information content (AvgIpc) is 2.61. The third kappa shape index (κ3) is 4.52. The third-order valence-electron chi connectivity index (χ3n) is 5.37. The molecule has 10 heteroatoms. The summed E-state index contributed by atoms with van der Waals surface area (Å²) in [6.45, 7) is 10.4. The van der Waals surface area contributed by atoms with Crippen LogP contribution in [0, 0.1) is 0 Å². The number of phosphoric ester groups is 1. The van der Waals surface area contributed by atoms with Crippen molar-refractivity contribution in [1.82, 2.24) is 0 Å². The van der Waals surface area contributed by atoms with E-state index in [1.807, 2.05) is 36.5 Å². The quantitative estimate of drug-likeness (QED) is 0.527. The van der Waals surface area contributed by atoms with E-state index >= 15 is 0 Å². The average molecular weight is 376 g/mol. The third-order valence-corrected chi connectivity index (χ3v) is 6.47. The molecule has 0 bridgehead atoms. The number of phosphoric acid groups is 1. The van der Waals surface area contributed by atoms with Crippen molar-refractivity contribution in [2.75, 3.05) is 6.61 Å². The van der Waals surface area contributed by atoms with E-state index in [-0.39, 0.29) is 12.7 Å².